The van der Waals surface area contributed by atoms with Crippen LogP contribution in [0, 0.1) is 5.92 Å². The number of nitrogens with one attached hydrogen (secondary N) is 1. The fourth-order valence-corrected chi connectivity index (χ4v) is 2.00. The zero-order chi connectivity index (χ0) is 10.8. The molecule has 0 saturated heterocycles. The van der Waals surface area contributed by atoms with E-state index in [1.165, 1.54) is 12.8 Å². The van der Waals surface area contributed by atoms with E-state index >= 15 is 0 Å². The number of hydrogen-bond acceptors (Lipinski definition) is 3. The van der Waals surface area contributed by atoms with Crippen molar-refractivity contribution in [3.8, 4) is 0 Å². The summed E-state index contributed by atoms with van der Waals surface area (Å²) in [5.41, 5.74) is 6.88. The first-order valence-electron chi connectivity index (χ1n) is 5.29. The lowest BCUT2D eigenvalue weighted by atomic mass is 10.0. The summed E-state index contributed by atoms with van der Waals surface area (Å²) >= 11 is 5.92. The van der Waals surface area contributed by atoms with E-state index in [9.17, 15) is 0 Å². The molecular weight excluding hydrogens is 210 g/mol. The smallest absolute Gasteiger partial charge is 0.128 e. The number of aromatic nitrogens is 1. The lowest BCUT2D eigenvalue weighted by Gasteiger charge is -2.17. The van der Waals surface area contributed by atoms with Gasteiger partial charge in [0, 0.05) is 17.8 Å². The van der Waals surface area contributed by atoms with Gasteiger partial charge in [0.1, 0.15) is 5.82 Å². The second-order valence-corrected chi connectivity index (χ2v) is 4.58. The van der Waals surface area contributed by atoms with Crippen molar-refractivity contribution in [2.75, 3.05) is 12.8 Å². The van der Waals surface area contributed by atoms with E-state index in [0.29, 0.717) is 10.8 Å². The monoisotopic (exact) mass is 225 g/mol. The summed E-state index contributed by atoms with van der Waals surface area (Å²) in [6, 6.07) is 2.19. The number of rotatable bonds is 4. The summed E-state index contributed by atoms with van der Waals surface area (Å²) in [7, 11) is 1.95. The number of hydrogen-bond donors (Lipinski definition) is 2. The molecule has 0 radical (unpaired) electrons. The summed E-state index contributed by atoms with van der Waals surface area (Å²) in [6.07, 6.45) is 5.39. The third-order valence-electron chi connectivity index (χ3n) is 2.91. The maximum Gasteiger partial charge on any atom is 0.128 e. The Hall–Kier alpha value is -0.800. The molecule has 1 atom stereocenters. The molecule has 0 bridgehead atoms. The molecule has 82 valence electrons. The second kappa shape index (κ2) is 4.37. The van der Waals surface area contributed by atoms with Crippen LogP contribution in [0.25, 0.3) is 0 Å². The van der Waals surface area contributed by atoms with Gasteiger partial charge in [0.05, 0.1) is 5.02 Å². The fraction of sp³-hybridized carbons (Fsp3) is 0.545. The number of nitrogens with zero attached hydrogens (tertiary/aromatic N) is 1. The van der Waals surface area contributed by atoms with E-state index < -0.39 is 0 Å². The summed E-state index contributed by atoms with van der Waals surface area (Å²) < 4.78 is 0. The Kier molecular flexibility index (Phi) is 3.12. The molecule has 1 aliphatic carbocycles. The Morgan fingerprint density at radius 1 is 1.67 bits per heavy atom. The quantitative estimate of drug-likeness (QED) is 0.827. The first kappa shape index (κ1) is 10.7. The second-order valence-electron chi connectivity index (χ2n) is 4.15. The lowest BCUT2D eigenvalue weighted by Crippen LogP contribution is -2.18. The minimum Gasteiger partial charge on any atom is -0.383 e. The Bertz CT molecular complexity index is 350. The highest BCUT2D eigenvalue weighted by molar-refractivity contribution is 6.30. The van der Waals surface area contributed by atoms with Gasteiger partial charge in [0.15, 0.2) is 0 Å². The highest BCUT2D eigenvalue weighted by Gasteiger charge is 2.26. The first-order valence-corrected chi connectivity index (χ1v) is 5.66. The van der Waals surface area contributed by atoms with Gasteiger partial charge in [-0.2, -0.15) is 0 Å². The van der Waals surface area contributed by atoms with Crippen molar-refractivity contribution in [3.63, 3.8) is 0 Å². The van der Waals surface area contributed by atoms with E-state index in [4.69, 9.17) is 17.3 Å². The lowest BCUT2D eigenvalue weighted by molar-refractivity contribution is 0.515. The minimum atomic E-state index is 0.281. The van der Waals surface area contributed by atoms with Crippen LogP contribution in [0.5, 0.6) is 0 Å². The van der Waals surface area contributed by atoms with Gasteiger partial charge in [-0.25, -0.2) is 4.98 Å². The molecule has 3 N–H and O–H groups in total. The average Bonchev–Trinajstić information content (AvgIpc) is 3.02. The number of halogens is 1. The van der Waals surface area contributed by atoms with Crippen LogP contribution in [-0.4, -0.2) is 12.0 Å². The molecule has 1 aromatic rings. The van der Waals surface area contributed by atoms with Crippen LogP contribution in [0.1, 0.15) is 30.9 Å². The van der Waals surface area contributed by atoms with Gasteiger partial charge in [-0.05, 0) is 25.5 Å². The molecule has 1 aliphatic rings. The largest absolute Gasteiger partial charge is 0.383 e. The number of nitrogen functional groups attached to an aromatic ring is 1. The Balaban J connectivity index is 2.19. The molecule has 3 nitrogen and oxygen atoms in total. The maximum absolute atomic E-state index is 5.92. The molecule has 1 fully saturated rings. The van der Waals surface area contributed by atoms with Gasteiger partial charge in [-0.3, -0.25) is 0 Å². The van der Waals surface area contributed by atoms with E-state index in [0.717, 1.165) is 17.9 Å². The Labute approximate surface area is 95.0 Å². The first-order chi connectivity index (χ1) is 7.20. The molecule has 15 heavy (non-hydrogen) atoms. The van der Waals surface area contributed by atoms with Crippen LogP contribution >= 0.6 is 11.6 Å². The van der Waals surface area contributed by atoms with Crippen LogP contribution < -0.4 is 11.1 Å². The number of pyridine rings is 1. The van der Waals surface area contributed by atoms with Crippen LogP contribution in [0.4, 0.5) is 5.82 Å². The third kappa shape index (κ3) is 2.61. The zero-order valence-electron chi connectivity index (χ0n) is 8.83. The van der Waals surface area contributed by atoms with Gasteiger partial charge >= 0.3 is 0 Å². The van der Waals surface area contributed by atoms with Gasteiger partial charge in [-0.15, -0.1) is 0 Å². The Morgan fingerprint density at radius 3 is 3.00 bits per heavy atom. The normalized spacial score (nSPS) is 17.7. The van der Waals surface area contributed by atoms with Crippen molar-refractivity contribution < 1.29 is 0 Å². The predicted molar refractivity (Wildman–Crippen MR) is 62.8 cm³/mol. The van der Waals surface area contributed by atoms with Crippen molar-refractivity contribution in [2.24, 2.45) is 5.92 Å². The molecular formula is C11H16ClN3. The van der Waals surface area contributed by atoms with E-state index in [1.54, 1.807) is 6.20 Å². The van der Waals surface area contributed by atoms with Crippen LogP contribution in [0.2, 0.25) is 5.02 Å². The van der Waals surface area contributed by atoms with Crippen LogP contribution in [0.3, 0.4) is 0 Å². The summed E-state index contributed by atoms with van der Waals surface area (Å²) in [6.45, 7) is 0. The van der Waals surface area contributed by atoms with Gasteiger partial charge in [0.2, 0.25) is 0 Å². The molecule has 2 rings (SSSR count). The Morgan fingerprint density at radius 2 is 2.40 bits per heavy atom. The van der Waals surface area contributed by atoms with Crippen molar-refractivity contribution >= 4 is 17.4 Å². The number of nitrogens with two attached hydrogens (primary N) is 1. The van der Waals surface area contributed by atoms with Crippen LogP contribution in [-0.2, 0) is 0 Å². The van der Waals surface area contributed by atoms with Crippen LogP contribution in [0.15, 0.2) is 12.3 Å². The molecule has 0 spiro atoms. The SMILES string of the molecule is CNC(CC1CC1)c1cc(Cl)cnc1N. The average molecular weight is 226 g/mol. The van der Waals surface area contributed by atoms with Gasteiger partial charge < -0.3 is 11.1 Å². The van der Waals surface area contributed by atoms with Crippen molar-refractivity contribution in [1.82, 2.24) is 10.3 Å². The molecule has 0 aliphatic heterocycles. The fourth-order valence-electron chi connectivity index (χ4n) is 1.83. The minimum absolute atomic E-state index is 0.281. The zero-order valence-corrected chi connectivity index (χ0v) is 9.59. The summed E-state index contributed by atoms with van der Waals surface area (Å²) in [4.78, 5) is 4.08. The molecule has 4 heteroatoms. The third-order valence-corrected chi connectivity index (χ3v) is 3.11. The topological polar surface area (TPSA) is 50.9 Å². The molecule has 1 heterocycles. The van der Waals surface area contributed by atoms with E-state index in [-0.39, 0.29) is 6.04 Å². The molecule has 0 aromatic carbocycles. The molecule has 0 amide bonds. The molecule has 1 saturated carbocycles. The van der Waals surface area contributed by atoms with Gasteiger partial charge in [-0.1, -0.05) is 24.4 Å². The molecule has 1 unspecified atom stereocenters. The highest BCUT2D eigenvalue weighted by atomic mass is 35.5. The van der Waals surface area contributed by atoms with E-state index in [2.05, 4.69) is 10.3 Å². The van der Waals surface area contributed by atoms with Gasteiger partial charge in [0.25, 0.3) is 0 Å². The van der Waals surface area contributed by atoms with E-state index in [1.807, 2.05) is 13.1 Å². The predicted octanol–water partition coefficient (Wildman–Crippen LogP) is 2.38. The standard InChI is InChI=1S/C11H16ClN3/c1-14-10(4-7-2-3-7)9-5-8(12)6-15-11(9)13/h5-7,10,14H,2-4H2,1H3,(H2,13,15). The molecule has 1 aromatic heterocycles. The summed E-state index contributed by atoms with van der Waals surface area (Å²) in [5.74, 6) is 1.43. The van der Waals surface area contributed by atoms with Crippen molar-refractivity contribution in [3.05, 3.63) is 22.8 Å². The number of anilines is 1. The van der Waals surface area contributed by atoms with Crippen molar-refractivity contribution in [2.45, 2.75) is 25.3 Å². The van der Waals surface area contributed by atoms with Crippen molar-refractivity contribution in [1.29, 1.82) is 0 Å². The summed E-state index contributed by atoms with van der Waals surface area (Å²) in [5, 5.41) is 3.93. The maximum atomic E-state index is 5.92. The highest BCUT2D eigenvalue weighted by Crippen LogP contribution is 2.38.